The first kappa shape index (κ1) is 23.7. The normalized spacial score (nSPS) is 10.5. The molecule has 0 spiro atoms. The summed E-state index contributed by atoms with van der Waals surface area (Å²) in [5.74, 6) is 0.337. The highest BCUT2D eigenvalue weighted by molar-refractivity contribution is 5.99. The Kier molecular flexibility index (Phi) is 8.31. The van der Waals surface area contributed by atoms with Crippen molar-refractivity contribution in [1.29, 1.82) is 0 Å². The summed E-state index contributed by atoms with van der Waals surface area (Å²) in [6, 6.07) is 14.4. The summed E-state index contributed by atoms with van der Waals surface area (Å²) in [6.45, 7) is 1.86. The fourth-order valence-electron chi connectivity index (χ4n) is 3.06. The van der Waals surface area contributed by atoms with Crippen molar-refractivity contribution >= 4 is 23.4 Å². The van der Waals surface area contributed by atoms with E-state index in [9.17, 15) is 9.59 Å². The van der Waals surface area contributed by atoms with Crippen molar-refractivity contribution in [3.05, 3.63) is 72.1 Å². The molecular formula is C24H29N7O2. The van der Waals surface area contributed by atoms with Crippen LogP contribution in [-0.2, 0) is 6.54 Å². The Morgan fingerprint density at radius 2 is 1.82 bits per heavy atom. The van der Waals surface area contributed by atoms with E-state index >= 15 is 0 Å². The maximum atomic E-state index is 12.2. The minimum atomic E-state index is -0.299. The molecule has 0 bridgehead atoms. The van der Waals surface area contributed by atoms with Crippen LogP contribution in [0, 0.1) is 0 Å². The first-order chi connectivity index (χ1) is 16.0. The summed E-state index contributed by atoms with van der Waals surface area (Å²) < 4.78 is 0. The number of urea groups is 1. The second kappa shape index (κ2) is 11.6. The average Bonchev–Trinajstić information content (AvgIpc) is 2.83. The van der Waals surface area contributed by atoms with E-state index in [1.807, 2.05) is 56.6 Å². The number of benzene rings is 1. The number of anilines is 2. The zero-order chi connectivity index (χ0) is 23.6. The molecule has 0 saturated carbocycles. The van der Waals surface area contributed by atoms with Crippen molar-refractivity contribution in [1.82, 2.24) is 25.5 Å². The van der Waals surface area contributed by atoms with Crippen molar-refractivity contribution in [2.75, 3.05) is 44.9 Å². The van der Waals surface area contributed by atoms with Gasteiger partial charge in [0.25, 0.3) is 5.91 Å². The van der Waals surface area contributed by atoms with Gasteiger partial charge in [0.2, 0.25) is 0 Å². The standard InChI is InChI=1S/C24H29N7O2/c1-25-23(32)20-10-11-21(30-22(20)27-13-14-31(2)3)18-6-8-19(9-7-18)29-24(33)28-16-17-5-4-12-26-15-17/h4-12,15H,13-14,16H2,1-3H3,(H,25,32)(H,27,30)(H2,28,29,33). The monoisotopic (exact) mass is 447 g/mol. The van der Waals surface area contributed by atoms with Crippen LogP contribution in [0.1, 0.15) is 15.9 Å². The maximum Gasteiger partial charge on any atom is 0.319 e. The third-order valence-electron chi connectivity index (χ3n) is 4.83. The minimum Gasteiger partial charge on any atom is -0.368 e. The second-order valence-corrected chi connectivity index (χ2v) is 7.65. The van der Waals surface area contributed by atoms with Crippen LogP contribution in [0.3, 0.4) is 0 Å². The lowest BCUT2D eigenvalue weighted by Gasteiger charge is -2.14. The highest BCUT2D eigenvalue weighted by Crippen LogP contribution is 2.23. The Morgan fingerprint density at radius 1 is 1.03 bits per heavy atom. The van der Waals surface area contributed by atoms with Gasteiger partial charge >= 0.3 is 6.03 Å². The molecule has 4 N–H and O–H groups in total. The summed E-state index contributed by atoms with van der Waals surface area (Å²) in [5.41, 5.74) is 3.67. The molecule has 1 aromatic carbocycles. The van der Waals surface area contributed by atoms with Gasteiger partial charge in [0.1, 0.15) is 5.82 Å². The Bertz CT molecular complexity index is 1070. The first-order valence-electron chi connectivity index (χ1n) is 10.6. The highest BCUT2D eigenvalue weighted by Gasteiger charge is 2.13. The summed E-state index contributed by atoms with van der Waals surface area (Å²) >= 11 is 0. The number of rotatable bonds is 9. The molecule has 2 aromatic heterocycles. The number of pyridine rings is 2. The molecule has 2 heterocycles. The topological polar surface area (TPSA) is 111 Å². The Balaban J connectivity index is 1.67. The highest BCUT2D eigenvalue weighted by atomic mass is 16.2. The quantitative estimate of drug-likeness (QED) is 0.401. The SMILES string of the molecule is CNC(=O)c1ccc(-c2ccc(NC(=O)NCc3cccnc3)cc2)nc1NCCN(C)C. The number of aromatic nitrogens is 2. The van der Waals surface area contributed by atoms with Gasteiger partial charge in [-0.1, -0.05) is 18.2 Å². The molecule has 33 heavy (non-hydrogen) atoms. The van der Waals surface area contributed by atoms with E-state index in [2.05, 4.69) is 36.1 Å². The third kappa shape index (κ3) is 7.01. The molecule has 0 fully saturated rings. The summed E-state index contributed by atoms with van der Waals surface area (Å²) in [6.07, 6.45) is 3.40. The van der Waals surface area contributed by atoms with Crippen molar-refractivity contribution < 1.29 is 9.59 Å². The molecule has 0 aliphatic heterocycles. The summed E-state index contributed by atoms with van der Waals surface area (Å²) in [4.78, 5) is 35.1. The lowest BCUT2D eigenvalue weighted by atomic mass is 10.1. The largest absolute Gasteiger partial charge is 0.368 e. The van der Waals surface area contributed by atoms with E-state index in [0.29, 0.717) is 30.2 Å². The van der Waals surface area contributed by atoms with Crippen LogP contribution in [0.15, 0.2) is 60.9 Å². The fraction of sp³-hybridized carbons (Fsp3) is 0.250. The predicted molar refractivity (Wildman–Crippen MR) is 130 cm³/mol. The number of carbonyl (C=O) groups is 2. The summed E-state index contributed by atoms with van der Waals surface area (Å²) in [5, 5.41) is 11.5. The maximum absolute atomic E-state index is 12.2. The van der Waals surface area contributed by atoms with E-state index < -0.39 is 0 Å². The Morgan fingerprint density at radius 3 is 2.48 bits per heavy atom. The molecule has 9 nitrogen and oxygen atoms in total. The lowest BCUT2D eigenvalue weighted by Crippen LogP contribution is -2.28. The van der Waals surface area contributed by atoms with Crippen molar-refractivity contribution in [3.63, 3.8) is 0 Å². The molecule has 3 aromatic rings. The molecular weight excluding hydrogens is 418 g/mol. The van der Waals surface area contributed by atoms with E-state index in [0.717, 1.165) is 23.4 Å². The van der Waals surface area contributed by atoms with Crippen LogP contribution >= 0.6 is 0 Å². The zero-order valence-corrected chi connectivity index (χ0v) is 19.1. The Labute approximate surface area is 193 Å². The van der Waals surface area contributed by atoms with Crippen LogP contribution in [0.25, 0.3) is 11.3 Å². The molecule has 3 rings (SSSR count). The molecule has 0 unspecified atom stereocenters. The molecule has 0 atom stereocenters. The van der Waals surface area contributed by atoms with Gasteiger partial charge in [-0.3, -0.25) is 9.78 Å². The number of hydrogen-bond donors (Lipinski definition) is 4. The number of amides is 3. The van der Waals surface area contributed by atoms with Crippen molar-refractivity contribution in [2.24, 2.45) is 0 Å². The van der Waals surface area contributed by atoms with Crippen LogP contribution in [0.2, 0.25) is 0 Å². The zero-order valence-electron chi connectivity index (χ0n) is 19.1. The van der Waals surface area contributed by atoms with Gasteiger partial charge in [0.15, 0.2) is 0 Å². The summed E-state index contributed by atoms with van der Waals surface area (Å²) in [7, 11) is 5.57. The molecule has 0 aliphatic rings. The Hall–Kier alpha value is -3.98. The molecule has 0 saturated heterocycles. The average molecular weight is 448 g/mol. The molecule has 0 aliphatic carbocycles. The van der Waals surface area contributed by atoms with Gasteiger partial charge in [-0.05, 0) is 50.0 Å². The van der Waals surface area contributed by atoms with Gasteiger partial charge < -0.3 is 26.2 Å². The van der Waals surface area contributed by atoms with Crippen LogP contribution < -0.4 is 21.3 Å². The number of hydrogen-bond acceptors (Lipinski definition) is 6. The van der Waals surface area contributed by atoms with Crippen LogP contribution in [0.4, 0.5) is 16.3 Å². The number of nitrogens with zero attached hydrogens (tertiary/aromatic N) is 3. The number of likely N-dealkylation sites (N-methyl/N-ethyl adjacent to an activating group) is 1. The molecule has 172 valence electrons. The van der Waals surface area contributed by atoms with Gasteiger partial charge in [-0.15, -0.1) is 0 Å². The predicted octanol–water partition coefficient (Wildman–Crippen LogP) is 2.80. The van der Waals surface area contributed by atoms with E-state index in [1.165, 1.54) is 0 Å². The van der Waals surface area contributed by atoms with Gasteiger partial charge in [0, 0.05) is 50.3 Å². The number of nitrogens with one attached hydrogen (secondary N) is 4. The van der Waals surface area contributed by atoms with Crippen molar-refractivity contribution in [2.45, 2.75) is 6.54 Å². The van der Waals surface area contributed by atoms with E-state index in [-0.39, 0.29) is 11.9 Å². The number of carbonyl (C=O) groups excluding carboxylic acids is 2. The van der Waals surface area contributed by atoms with Crippen molar-refractivity contribution in [3.8, 4) is 11.3 Å². The lowest BCUT2D eigenvalue weighted by molar-refractivity contribution is 0.0963. The van der Waals surface area contributed by atoms with Gasteiger partial charge in [-0.25, -0.2) is 9.78 Å². The molecule has 3 amide bonds. The smallest absolute Gasteiger partial charge is 0.319 e. The second-order valence-electron chi connectivity index (χ2n) is 7.65. The first-order valence-corrected chi connectivity index (χ1v) is 10.6. The van der Waals surface area contributed by atoms with E-state index in [4.69, 9.17) is 0 Å². The van der Waals surface area contributed by atoms with Gasteiger partial charge in [0.05, 0.1) is 11.3 Å². The molecule has 9 heteroatoms. The van der Waals surface area contributed by atoms with Gasteiger partial charge in [-0.2, -0.15) is 0 Å². The van der Waals surface area contributed by atoms with E-state index in [1.54, 1.807) is 25.5 Å². The van der Waals surface area contributed by atoms with Crippen LogP contribution in [0.5, 0.6) is 0 Å². The van der Waals surface area contributed by atoms with Crippen LogP contribution in [-0.4, -0.2) is 61.0 Å². The molecule has 0 radical (unpaired) electrons. The third-order valence-corrected chi connectivity index (χ3v) is 4.83. The minimum absolute atomic E-state index is 0.196. The fourth-order valence-corrected chi connectivity index (χ4v) is 3.06.